The van der Waals surface area contributed by atoms with Gasteiger partial charge in [-0.25, -0.2) is 4.39 Å². The summed E-state index contributed by atoms with van der Waals surface area (Å²) in [5.41, 5.74) is 1.59. The molecule has 0 aromatic heterocycles. The van der Waals surface area contributed by atoms with Gasteiger partial charge >= 0.3 is 0 Å². The molecular formula is C15H24FN3. The Morgan fingerprint density at radius 1 is 1.37 bits per heavy atom. The zero-order chi connectivity index (χ0) is 14.3. The second-order valence-corrected chi connectivity index (χ2v) is 4.64. The van der Waals surface area contributed by atoms with Crippen LogP contribution in [0.4, 0.5) is 4.39 Å². The van der Waals surface area contributed by atoms with Crippen molar-refractivity contribution in [3.8, 4) is 0 Å². The fourth-order valence-corrected chi connectivity index (χ4v) is 1.71. The van der Waals surface area contributed by atoms with Crippen LogP contribution in [0, 0.1) is 12.7 Å². The van der Waals surface area contributed by atoms with Gasteiger partial charge in [-0.1, -0.05) is 19.1 Å². The standard InChI is InChI=1S/C15H24FN3/c1-5-9-18-15(17-6-2)19-12(4)13-8-7-11(3)14(16)10-13/h7-8,10,12H,5-6,9H2,1-4H3,(H2,17,18,19). The maximum Gasteiger partial charge on any atom is 0.191 e. The second kappa shape index (κ2) is 7.77. The van der Waals surface area contributed by atoms with Gasteiger partial charge in [-0.3, -0.25) is 4.99 Å². The molecule has 0 saturated heterocycles. The summed E-state index contributed by atoms with van der Waals surface area (Å²) in [6.07, 6.45) is 1.00. The number of hydrogen-bond donors (Lipinski definition) is 2. The van der Waals surface area contributed by atoms with Crippen molar-refractivity contribution in [3.05, 3.63) is 35.1 Å². The number of aliphatic imine (C=N–C) groups is 1. The fourth-order valence-electron chi connectivity index (χ4n) is 1.71. The number of benzene rings is 1. The summed E-state index contributed by atoms with van der Waals surface area (Å²) in [7, 11) is 0. The van der Waals surface area contributed by atoms with Crippen molar-refractivity contribution in [2.24, 2.45) is 4.99 Å². The third-order valence-electron chi connectivity index (χ3n) is 2.89. The Labute approximate surface area is 115 Å². The molecule has 1 atom stereocenters. The lowest BCUT2D eigenvalue weighted by Gasteiger charge is -2.18. The Morgan fingerprint density at radius 2 is 2.11 bits per heavy atom. The van der Waals surface area contributed by atoms with E-state index in [0.29, 0.717) is 5.56 Å². The van der Waals surface area contributed by atoms with E-state index in [1.54, 1.807) is 19.1 Å². The number of nitrogens with zero attached hydrogens (tertiary/aromatic N) is 1. The predicted octanol–water partition coefficient (Wildman–Crippen LogP) is 3.16. The molecule has 0 aliphatic carbocycles. The molecule has 1 aromatic rings. The van der Waals surface area contributed by atoms with Gasteiger partial charge in [-0.15, -0.1) is 0 Å². The van der Waals surface area contributed by atoms with Crippen LogP contribution in [0.3, 0.4) is 0 Å². The summed E-state index contributed by atoms with van der Waals surface area (Å²) >= 11 is 0. The van der Waals surface area contributed by atoms with Gasteiger partial charge in [0.25, 0.3) is 0 Å². The predicted molar refractivity (Wildman–Crippen MR) is 79.0 cm³/mol. The number of hydrogen-bond acceptors (Lipinski definition) is 1. The molecule has 2 N–H and O–H groups in total. The van der Waals surface area contributed by atoms with Crippen LogP contribution in [0.15, 0.2) is 23.2 Å². The molecule has 19 heavy (non-hydrogen) atoms. The lowest BCUT2D eigenvalue weighted by Crippen LogP contribution is -2.38. The van der Waals surface area contributed by atoms with E-state index in [0.717, 1.165) is 31.0 Å². The average Bonchev–Trinajstić information content (AvgIpc) is 2.39. The number of aryl methyl sites for hydroxylation is 1. The molecule has 106 valence electrons. The zero-order valence-corrected chi connectivity index (χ0v) is 12.3. The first-order chi connectivity index (χ1) is 9.08. The molecule has 1 rings (SSSR count). The number of halogens is 1. The normalized spacial score (nSPS) is 13.2. The van der Waals surface area contributed by atoms with Crippen LogP contribution in [0.25, 0.3) is 0 Å². The van der Waals surface area contributed by atoms with Crippen LogP contribution >= 0.6 is 0 Å². The highest BCUT2D eigenvalue weighted by molar-refractivity contribution is 5.80. The van der Waals surface area contributed by atoms with Gasteiger partial charge in [0, 0.05) is 13.1 Å². The van der Waals surface area contributed by atoms with Gasteiger partial charge in [0.05, 0.1) is 6.04 Å². The number of rotatable bonds is 5. The molecule has 0 fully saturated rings. The number of nitrogens with one attached hydrogen (secondary N) is 2. The van der Waals surface area contributed by atoms with Crippen molar-refractivity contribution in [3.63, 3.8) is 0 Å². The summed E-state index contributed by atoms with van der Waals surface area (Å²) < 4.78 is 13.6. The van der Waals surface area contributed by atoms with Crippen LogP contribution in [-0.2, 0) is 0 Å². The van der Waals surface area contributed by atoms with Crippen LogP contribution in [-0.4, -0.2) is 19.0 Å². The van der Waals surface area contributed by atoms with Gasteiger partial charge in [-0.2, -0.15) is 0 Å². The smallest absolute Gasteiger partial charge is 0.191 e. The molecule has 0 heterocycles. The van der Waals surface area contributed by atoms with Gasteiger partial charge < -0.3 is 10.6 Å². The van der Waals surface area contributed by atoms with Gasteiger partial charge in [0.1, 0.15) is 5.82 Å². The summed E-state index contributed by atoms with van der Waals surface area (Å²) in [5.74, 6) is 0.611. The summed E-state index contributed by atoms with van der Waals surface area (Å²) in [5, 5.41) is 6.48. The zero-order valence-electron chi connectivity index (χ0n) is 12.3. The van der Waals surface area contributed by atoms with E-state index in [2.05, 4.69) is 22.5 Å². The molecule has 0 saturated carbocycles. The monoisotopic (exact) mass is 265 g/mol. The minimum atomic E-state index is -0.165. The van der Waals surface area contributed by atoms with E-state index in [4.69, 9.17) is 0 Å². The average molecular weight is 265 g/mol. The van der Waals surface area contributed by atoms with Crippen LogP contribution in [0.1, 0.15) is 44.4 Å². The largest absolute Gasteiger partial charge is 0.357 e. The molecular weight excluding hydrogens is 241 g/mol. The summed E-state index contributed by atoms with van der Waals surface area (Å²) in [6.45, 7) is 9.48. The molecule has 0 aliphatic heterocycles. The summed E-state index contributed by atoms with van der Waals surface area (Å²) in [6, 6.07) is 5.35. The highest BCUT2D eigenvalue weighted by Crippen LogP contribution is 2.16. The Balaban J connectivity index is 2.75. The molecule has 0 spiro atoms. The highest BCUT2D eigenvalue weighted by Gasteiger charge is 2.09. The van der Waals surface area contributed by atoms with E-state index >= 15 is 0 Å². The van der Waals surface area contributed by atoms with E-state index in [9.17, 15) is 4.39 Å². The van der Waals surface area contributed by atoms with E-state index in [-0.39, 0.29) is 11.9 Å². The molecule has 3 nitrogen and oxygen atoms in total. The molecule has 0 radical (unpaired) electrons. The van der Waals surface area contributed by atoms with Crippen molar-refractivity contribution in [1.29, 1.82) is 0 Å². The minimum Gasteiger partial charge on any atom is -0.357 e. The maximum absolute atomic E-state index is 13.6. The van der Waals surface area contributed by atoms with Crippen LogP contribution in [0.2, 0.25) is 0 Å². The Morgan fingerprint density at radius 3 is 2.68 bits per heavy atom. The molecule has 4 heteroatoms. The molecule has 1 aromatic carbocycles. The summed E-state index contributed by atoms with van der Waals surface area (Å²) in [4.78, 5) is 4.44. The van der Waals surface area contributed by atoms with E-state index in [1.165, 1.54) is 0 Å². The second-order valence-electron chi connectivity index (χ2n) is 4.64. The van der Waals surface area contributed by atoms with Crippen molar-refractivity contribution >= 4 is 5.96 Å². The first kappa shape index (κ1) is 15.5. The highest BCUT2D eigenvalue weighted by atomic mass is 19.1. The lowest BCUT2D eigenvalue weighted by molar-refractivity contribution is 0.607. The minimum absolute atomic E-state index is 0.0183. The van der Waals surface area contributed by atoms with Crippen LogP contribution < -0.4 is 10.6 Å². The van der Waals surface area contributed by atoms with Gasteiger partial charge in [0.2, 0.25) is 0 Å². The van der Waals surface area contributed by atoms with E-state index < -0.39 is 0 Å². The van der Waals surface area contributed by atoms with Crippen LogP contribution in [0.5, 0.6) is 0 Å². The molecule has 0 aliphatic rings. The third kappa shape index (κ3) is 4.89. The van der Waals surface area contributed by atoms with Crippen molar-refractivity contribution in [2.75, 3.05) is 13.1 Å². The first-order valence-electron chi connectivity index (χ1n) is 6.89. The molecule has 0 amide bonds. The Hall–Kier alpha value is -1.58. The maximum atomic E-state index is 13.6. The topological polar surface area (TPSA) is 36.4 Å². The van der Waals surface area contributed by atoms with Gasteiger partial charge in [0.15, 0.2) is 5.96 Å². The Bertz CT molecular complexity index is 429. The van der Waals surface area contributed by atoms with Crippen molar-refractivity contribution < 1.29 is 4.39 Å². The van der Waals surface area contributed by atoms with E-state index in [1.807, 2.05) is 19.9 Å². The fraction of sp³-hybridized carbons (Fsp3) is 0.533. The Kier molecular flexibility index (Phi) is 6.33. The first-order valence-corrected chi connectivity index (χ1v) is 6.89. The quantitative estimate of drug-likeness (QED) is 0.634. The number of guanidine groups is 1. The lowest BCUT2D eigenvalue weighted by atomic mass is 10.1. The molecule has 1 unspecified atom stereocenters. The SMILES string of the molecule is CCCN=C(NCC)NC(C)c1ccc(C)c(F)c1. The third-order valence-corrected chi connectivity index (χ3v) is 2.89. The van der Waals surface area contributed by atoms with Crippen molar-refractivity contribution in [2.45, 2.75) is 40.2 Å². The van der Waals surface area contributed by atoms with Crippen molar-refractivity contribution in [1.82, 2.24) is 10.6 Å². The van der Waals surface area contributed by atoms with Gasteiger partial charge in [-0.05, 0) is 44.4 Å². The molecule has 0 bridgehead atoms.